The fourth-order valence-corrected chi connectivity index (χ4v) is 3.57. The third kappa shape index (κ3) is 3.85. The zero-order valence-corrected chi connectivity index (χ0v) is 13.9. The van der Waals surface area contributed by atoms with Crippen LogP contribution in [-0.2, 0) is 16.0 Å². The SMILES string of the molecule is O=C1CNCCN1CC(=O)N1CCCC1Cc1ccccc1Cl. The first-order chi connectivity index (χ1) is 11.1. The highest BCUT2D eigenvalue weighted by atomic mass is 35.5. The third-order valence-corrected chi connectivity index (χ3v) is 4.99. The van der Waals surface area contributed by atoms with Crippen molar-refractivity contribution in [1.29, 1.82) is 0 Å². The second kappa shape index (κ2) is 7.32. The molecule has 2 fully saturated rings. The number of hydrogen-bond donors (Lipinski definition) is 1. The minimum absolute atomic E-state index is 0.00597. The number of rotatable bonds is 4. The Balaban J connectivity index is 1.63. The number of nitrogens with one attached hydrogen (secondary N) is 1. The van der Waals surface area contributed by atoms with Crippen LogP contribution in [0.5, 0.6) is 0 Å². The zero-order valence-electron chi connectivity index (χ0n) is 13.1. The maximum atomic E-state index is 12.6. The van der Waals surface area contributed by atoms with E-state index in [9.17, 15) is 9.59 Å². The molecule has 0 saturated carbocycles. The number of halogens is 1. The van der Waals surface area contributed by atoms with Crippen LogP contribution in [0.25, 0.3) is 0 Å². The second-order valence-corrected chi connectivity index (χ2v) is 6.58. The van der Waals surface area contributed by atoms with Crippen LogP contribution in [0.1, 0.15) is 18.4 Å². The van der Waals surface area contributed by atoms with E-state index in [0.29, 0.717) is 13.1 Å². The standard InChI is InChI=1S/C17H22ClN3O2/c18-15-6-2-1-4-13(15)10-14-5-3-8-21(14)17(23)12-20-9-7-19-11-16(20)22/h1-2,4,6,14,19H,3,5,7-12H2. The average Bonchev–Trinajstić information content (AvgIpc) is 3.00. The van der Waals surface area contributed by atoms with Gasteiger partial charge in [0.25, 0.3) is 0 Å². The minimum atomic E-state index is 0.00597. The molecule has 2 heterocycles. The summed E-state index contributed by atoms with van der Waals surface area (Å²) in [6, 6.07) is 7.97. The predicted octanol–water partition coefficient (Wildman–Crippen LogP) is 1.31. The van der Waals surface area contributed by atoms with Crippen LogP contribution in [0.2, 0.25) is 5.02 Å². The Bertz CT molecular complexity index is 593. The van der Waals surface area contributed by atoms with E-state index in [4.69, 9.17) is 11.6 Å². The molecular formula is C17H22ClN3O2. The van der Waals surface area contributed by atoms with Crippen molar-refractivity contribution in [1.82, 2.24) is 15.1 Å². The van der Waals surface area contributed by atoms with Crippen molar-refractivity contribution in [3.8, 4) is 0 Å². The molecule has 1 aromatic rings. The Labute approximate surface area is 141 Å². The monoisotopic (exact) mass is 335 g/mol. The Morgan fingerprint density at radius 2 is 2.13 bits per heavy atom. The number of piperazine rings is 1. The van der Waals surface area contributed by atoms with Gasteiger partial charge >= 0.3 is 0 Å². The van der Waals surface area contributed by atoms with E-state index in [1.165, 1.54) is 0 Å². The van der Waals surface area contributed by atoms with Crippen molar-refractivity contribution in [2.45, 2.75) is 25.3 Å². The summed E-state index contributed by atoms with van der Waals surface area (Å²) in [4.78, 5) is 28.0. The van der Waals surface area contributed by atoms with Crippen LogP contribution in [0.4, 0.5) is 0 Å². The van der Waals surface area contributed by atoms with Crippen molar-refractivity contribution >= 4 is 23.4 Å². The van der Waals surface area contributed by atoms with E-state index in [1.54, 1.807) is 4.90 Å². The van der Waals surface area contributed by atoms with E-state index < -0.39 is 0 Å². The van der Waals surface area contributed by atoms with Gasteiger partial charge in [0.2, 0.25) is 11.8 Å². The highest BCUT2D eigenvalue weighted by Crippen LogP contribution is 2.25. The summed E-state index contributed by atoms with van der Waals surface area (Å²) in [5.74, 6) is 0.0567. The molecule has 2 aliphatic heterocycles. The molecule has 3 rings (SSSR count). The summed E-state index contributed by atoms with van der Waals surface area (Å²) in [6.07, 6.45) is 2.78. The molecule has 1 N–H and O–H groups in total. The lowest BCUT2D eigenvalue weighted by Crippen LogP contribution is -2.52. The van der Waals surface area contributed by atoms with Gasteiger partial charge in [-0.1, -0.05) is 29.8 Å². The molecule has 0 aliphatic carbocycles. The lowest BCUT2D eigenvalue weighted by molar-refractivity contribution is -0.141. The first-order valence-electron chi connectivity index (χ1n) is 8.16. The van der Waals surface area contributed by atoms with Crippen LogP contribution < -0.4 is 5.32 Å². The van der Waals surface area contributed by atoms with Crippen LogP contribution >= 0.6 is 11.6 Å². The summed E-state index contributed by atoms with van der Waals surface area (Å²) in [6.45, 7) is 2.65. The van der Waals surface area contributed by atoms with Crippen molar-refractivity contribution in [3.05, 3.63) is 34.9 Å². The van der Waals surface area contributed by atoms with Gasteiger partial charge in [-0.3, -0.25) is 9.59 Å². The van der Waals surface area contributed by atoms with Gasteiger partial charge < -0.3 is 15.1 Å². The number of carbonyl (C=O) groups is 2. The highest BCUT2D eigenvalue weighted by molar-refractivity contribution is 6.31. The summed E-state index contributed by atoms with van der Waals surface area (Å²) in [7, 11) is 0. The maximum Gasteiger partial charge on any atom is 0.242 e. The van der Waals surface area contributed by atoms with E-state index in [2.05, 4.69) is 5.32 Å². The summed E-state index contributed by atoms with van der Waals surface area (Å²) in [5.41, 5.74) is 1.08. The largest absolute Gasteiger partial charge is 0.338 e. The molecule has 23 heavy (non-hydrogen) atoms. The number of amides is 2. The maximum absolute atomic E-state index is 12.6. The van der Waals surface area contributed by atoms with Gasteiger partial charge in [0, 0.05) is 30.7 Å². The quantitative estimate of drug-likeness (QED) is 0.902. The smallest absolute Gasteiger partial charge is 0.242 e. The van der Waals surface area contributed by atoms with Crippen LogP contribution in [0.3, 0.4) is 0 Å². The van der Waals surface area contributed by atoms with E-state index >= 15 is 0 Å². The van der Waals surface area contributed by atoms with E-state index in [0.717, 1.165) is 42.9 Å². The Morgan fingerprint density at radius 3 is 2.91 bits per heavy atom. The molecule has 0 bridgehead atoms. The molecule has 2 saturated heterocycles. The molecule has 124 valence electrons. The topological polar surface area (TPSA) is 52.7 Å². The molecule has 0 aromatic heterocycles. The molecule has 1 atom stereocenters. The lowest BCUT2D eigenvalue weighted by atomic mass is 10.0. The predicted molar refractivity (Wildman–Crippen MR) is 89.3 cm³/mol. The molecule has 2 amide bonds. The average molecular weight is 336 g/mol. The first-order valence-corrected chi connectivity index (χ1v) is 8.54. The summed E-state index contributed by atoms with van der Waals surface area (Å²) >= 11 is 6.24. The number of nitrogens with zero attached hydrogens (tertiary/aromatic N) is 2. The van der Waals surface area contributed by atoms with Crippen molar-refractivity contribution in [2.24, 2.45) is 0 Å². The van der Waals surface area contributed by atoms with Crippen LogP contribution in [0.15, 0.2) is 24.3 Å². The van der Waals surface area contributed by atoms with Gasteiger partial charge in [-0.05, 0) is 30.9 Å². The van der Waals surface area contributed by atoms with Gasteiger partial charge in [0.15, 0.2) is 0 Å². The summed E-state index contributed by atoms with van der Waals surface area (Å²) in [5, 5.41) is 3.78. The molecule has 6 heteroatoms. The fraction of sp³-hybridized carbons (Fsp3) is 0.529. The first kappa shape index (κ1) is 16.3. The summed E-state index contributed by atoms with van der Waals surface area (Å²) < 4.78 is 0. The Hall–Kier alpha value is -1.59. The minimum Gasteiger partial charge on any atom is -0.338 e. The van der Waals surface area contributed by atoms with Crippen molar-refractivity contribution < 1.29 is 9.59 Å². The van der Waals surface area contributed by atoms with Crippen molar-refractivity contribution in [2.75, 3.05) is 32.7 Å². The Morgan fingerprint density at radius 1 is 1.30 bits per heavy atom. The molecule has 1 aromatic carbocycles. The molecule has 0 radical (unpaired) electrons. The lowest BCUT2D eigenvalue weighted by Gasteiger charge is -2.31. The highest BCUT2D eigenvalue weighted by Gasteiger charge is 2.31. The van der Waals surface area contributed by atoms with Gasteiger partial charge in [-0.15, -0.1) is 0 Å². The van der Waals surface area contributed by atoms with Gasteiger partial charge in [0.1, 0.15) is 0 Å². The molecule has 5 nitrogen and oxygen atoms in total. The zero-order chi connectivity index (χ0) is 16.2. The molecular weight excluding hydrogens is 314 g/mol. The number of benzene rings is 1. The Kier molecular flexibility index (Phi) is 5.18. The van der Waals surface area contributed by atoms with Crippen LogP contribution in [-0.4, -0.2) is 60.4 Å². The fourth-order valence-electron chi connectivity index (χ4n) is 3.36. The van der Waals surface area contributed by atoms with Crippen molar-refractivity contribution in [3.63, 3.8) is 0 Å². The third-order valence-electron chi connectivity index (χ3n) is 4.62. The molecule has 0 spiro atoms. The van der Waals surface area contributed by atoms with Gasteiger partial charge in [-0.2, -0.15) is 0 Å². The molecule has 1 unspecified atom stereocenters. The number of carbonyl (C=O) groups excluding carboxylic acids is 2. The number of likely N-dealkylation sites (tertiary alicyclic amines) is 1. The van der Waals surface area contributed by atoms with E-state index in [-0.39, 0.29) is 24.4 Å². The normalized spacial score (nSPS) is 21.8. The molecule has 2 aliphatic rings. The second-order valence-electron chi connectivity index (χ2n) is 6.17. The number of hydrogen-bond acceptors (Lipinski definition) is 3. The van der Waals surface area contributed by atoms with Gasteiger partial charge in [-0.25, -0.2) is 0 Å². The van der Waals surface area contributed by atoms with Gasteiger partial charge in [0.05, 0.1) is 13.1 Å². The van der Waals surface area contributed by atoms with E-state index in [1.807, 2.05) is 29.2 Å². The van der Waals surface area contributed by atoms with Crippen LogP contribution in [0, 0.1) is 0 Å².